The van der Waals surface area contributed by atoms with E-state index in [1.54, 1.807) is 47.3 Å². The first-order valence-corrected chi connectivity index (χ1v) is 8.58. The van der Waals surface area contributed by atoms with Crippen LogP contribution in [0.5, 0.6) is 5.75 Å². The van der Waals surface area contributed by atoms with Crippen molar-refractivity contribution < 1.29 is 13.9 Å². The van der Waals surface area contributed by atoms with Crippen molar-refractivity contribution >= 4 is 17.5 Å². The number of amides is 1. The summed E-state index contributed by atoms with van der Waals surface area (Å²) >= 11 is 5.84. The van der Waals surface area contributed by atoms with Gasteiger partial charge in [-0.2, -0.15) is 5.10 Å². The first kappa shape index (κ1) is 18.1. The lowest BCUT2D eigenvalue weighted by Crippen LogP contribution is -2.26. The fourth-order valence-electron chi connectivity index (χ4n) is 2.55. The number of aryl methyl sites for hydroxylation is 1. The molecule has 1 aromatic carbocycles. The van der Waals surface area contributed by atoms with Crippen LogP contribution in [0.1, 0.15) is 40.5 Å². The number of nitrogens with zero attached hydrogens (tertiary/aromatic N) is 2. The van der Waals surface area contributed by atoms with E-state index in [0.717, 1.165) is 11.3 Å². The molecule has 0 radical (unpaired) electrons. The summed E-state index contributed by atoms with van der Waals surface area (Å²) in [5, 5.41) is 7.76. The fraction of sp³-hybridized carbons (Fsp3) is 0.263. The van der Waals surface area contributed by atoms with E-state index in [1.165, 1.54) is 0 Å². The summed E-state index contributed by atoms with van der Waals surface area (Å²) < 4.78 is 13.0. The van der Waals surface area contributed by atoms with Gasteiger partial charge in [-0.3, -0.25) is 9.48 Å². The number of rotatable bonds is 6. The van der Waals surface area contributed by atoms with E-state index in [-0.39, 0.29) is 24.3 Å². The second-order valence-corrected chi connectivity index (χ2v) is 6.45. The number of furan rings is 1. The summed E-state index contributed by atoms with van der Waals surface area (Å²) in [6, 6.07) is 10.2. The molecule has 0 fully saturated rings. The van der Waals surface area contributed by atoms with Gasteiger partial charge in [0, 0.05) is 23.3 Å². The Balaban J connectivity index is 1.59. The molecule has 136 valence electrons. The van der Waals surface area contributed by atoms with E-state index in [0.29, 0.717) is 16.5 Å². The Hall–Kier alpha value is -2.73. The number of carbonyl (C=O) groups is 1. The topological polar surface area (TPSA) is 69.3 Å². The number of benzene rings is 1. The van der Waals surface area contributed by atoms with Gasteiger partial charge < -0.3 is 14.5 Å². The van der Waals surface area contributed by atoms with Crippen LogP contribution < -0.4 is 10.1 Å². The van der Waals surface area contributed by atoms with E-state index in [2.05, 4.69) is 10.4 Å². The number of aromatic nitrogens is 2. The van der Waals surface area contributed by atoms with E-state index in [9.17, 15) is 4.79 Å². The third-order valence-electron chi connectivity index (χ3n) is 4.17. The minimum Gasteiger partial charge on any atom is -0.486 e. The molecule has 1 unspecified atom stereocenters. The zero-order valence-electron chi connectivity index (χ0n) is 14.8. The van der Waals surface area contributed by atoms with Gasteiger partial charge in [-0.15, -0.1) is 0 Å². The van der Waals surface area contributed by atoms with Crippen LogP contribution in [0.25, 0.3) is 0 Å². The molecule has 0 saturated carbocycles. The molecule has 26 heavy (non-hydrogen) atoms. The Labute approximate surface area is 156 Å². The van der Waals surface area contributed by atoms with Gasteiger partial charge in [-0.25, -0.2) is 0 Å². The van der Waals surface area contributed by atoms with E-state index >= 15 is 0 Å². The van der Waals surface area contributed by atoms with Gasteiger partial charge in [0.2, 0.25) is 0 Å². The zero-order chi connectivity index (χ0) is 18.7. The van der Waals surface area contributed by atoms with Gasteiger partial charge in [-0.1, -0.05) is 11.6 Å². The maximum absolute atomic E-state index is 12.4. The van der Waals surface area contributed by atoms with Gasteiger partial charge in [0.25, 0.3) is 5.91 Å². The molecule has 6 nitrogen and oxygen atoms in total. The predicted octanol–water partition coefficient (Wildman–Crippen LogP) is 4.04. The van der Waals surface area contributed by atoms with Crippen LogP contribution in [0.2, 0.25) is 5.02 Å². The number of halogens is 1. The van der Waals surface area contributed by atoms with Crippen LogP contribution in [0, 0.1) is 6.92 Å². The summed E-state index contributed by atoms with van der Waals surface area (Å²) in [6.07, 6.45) is 1.76. The molecule has 1 N–H and O–H groups in total. The molecule has 3 rings (SSSR count). The third kappa shape index (κ3) is 4.08. The molecule has 7 heteroatoms. The summed E-state index contributed by atoms with van der Waals surface area (Å²) in [5.74, 6) is 1.21. The maximum atomic E-state index is 12.4. The van der Waals surface area contributed by atoms with Gasteiger partial charge in [0.1, 0.15) is 18.1 Å². The molecular formula is C19H20ClN3O3. The van der Waals surface area contributed by atoms with Crippen LogP contribution in [-0.2, 0) is 13.7 Å². The van der Waals surface area contributed by atoms with Crippen molar-refractivity contribution in [2.45, 2.75) is 26.5 Å². The van der Waals surface area contributed by atoms with Gasteiger partial charge in [0.05, 0.1) is 12.2 Å². The summed E-state index contributed by atoms with van der Waals surface area (Å²) in [7, 11) is 1.87. The monoisotopic (exact) mass is 373 g/mol. The molecule has 0 aliphatic carbocycles. The summed E-state index contributed by atoms with van der Waals surface area (Å²) in [6.45, 7) is 4.10. The van der Waals surface area contributed by atoms with Crippen molar-refractivity contribution in [2.24, 2.45) is 7.05 Å². The molecule has 0 saturated heterocycles. The van der Waals surface area contributed by atoms with Gasteiger partial charge in [0.15, 0.2) is 5.76 Å². The molecule has 3 aromatic rings. The minimum atomic E-state index is -0.279. The standard InChI is InChI=1S/C19H20ClN3O3/c1-12(17-10-21-23(3)13(17)2)22-19(24)18-9-8-16(26-18)11-25-15-6-4-14(20)5-7-15/h4-10,12H,11H2,1-3H3,(H,22,24). The lowest BCUT2D eigenvalue weighted by molar-refractivity contribution is 0.0907. The molecule has 1 atom stereocenters. The maximum Gasteiger partial charge on any atom is 0.287 e. The highest BCUT2D eigenvalue weighted by molar-refractivity contribution is 6.30. The first-order valence-electron chi connectivity index (χ1n) is 8.20. The summed E-state index contributed by atoms with van der Waals surface area (Å²) in [4.78, 5) is 12.4. The Kier molecular flexibility index (Phi) is 5.32. The van der Waals surface area contributed by atoms with Crippen LogP contribution in [0.15, 0.2) is 47.0 Å². The lowest BCUT2D eigenvalue weighted by atomic mass is 10.1. The normalized spacial score (nSPS) is 12.0. The Morgan fingerprint density at radius 1 is 1.31 bits per heavy atom. The second kappa shape index (κ2) is 7.66. The average Bonchev–Trinajstić information content (AvgIpc) is 3.22. The van der Waals surface area contributed by atoms with Crippen molar-refractivity contribution in [3.05, 3.63) is 70.4 Å². The fourth-order valence-corrected chi connectivity index (χ4v) is 2.68. The number of nitrogens with one attached hydrogen (secondary N) is 1. The highest BCUT2D eigenvalue weighted by Gasteiger charge is 2.18. The second-order valence-electron chi connectivity index (χ2n) is 6.01. The SMILES string of the molecule is Cc1c(C(C)NC(=O)c2ccc(COc3ccc(Cl)cc3)o2)cnn1C. The molecule has 0 aliphatic rings. The zero-order valence-corrected chi connectivity index (χ0v) is 15.6. The molecule has 2 aromatic heterocycles. The lowest BCUT2D eigenvalue weighted by Gasteiger charge is -2.12. The average molecular weight is 374 g/mol. The highest BCUT2D eigenvalue weighted by atomic mass is 35.5. The smallest absolute Gasteiger partial charge is 0.287 e. The van der Waals surface area contributed by atoms with Crippen LogP contribution in [0.3, 0.4) is 0 Å². The van der Waals surface area contributed by atoms with Crippen molar-refractivity contribution in [2.75, 3.05) is 0 Å². The number of ether oxygens (including phenoxy) is 1. The quantitative estimate of drug-likeness (QED) is 0.707. The third-order valence-corrected chi connectivity index (χ3v) is 4.42. The van der Waals surface area contributed by atoms with Crippen LogP contribution in [0.4, 0.5) is 0 Å². The Morgan fingerprint density at radius 3 is 2.69 bits per heavy atom. The van der Waals surface area contributed by atoms with Crippen LogP contribution in [-0.4, -0.2) is 15.7 Å². The van der Waals surface area contributed by atoms with Crippen LogP contribution >= 0.6 is 11.6 Å². The van der Waals surface area contributed by atoms with E-state index in [1.807, 2.05) is 20.9 Å². The van der Waals surface area contributed by atoms with Crippen molar-refractivity contribution in [1.82, 2.24) is 15.1 Å². The summed E-state index contributed by atoms with van der Waals surface area (Å²) in [5.41, 5.74) is 1.98. The number of carbonyl (C=O) groups excluding carboxylic acids is 1. The molecule has 0 aliphatic heterocycles. The highest BCUT2D eigenvalue weighted by Crippen LogP contribution is 2.19. The van der Waals surface area contributed by atoms with Gasteiger partial charge in [-0.05, 0) is 50.2 Å². The molecule has 0 bridgehead atoms. The van der Waals surface area contributed by atoms with Gasteiger partial charge >= 0.3 is 0 Å². The minimum absolute atomic E-state index is 0.171. The molecule has 2 heterocycles. The Morgan fingerprint density at radius 2 is 2.04 bits per heavy atom. The van der Waals surface area contributed by atoms with Crippen molar-refractivity contribution in [1.29, 1.82) is 0 Å². The molecule has 0 spiro atoms. The Bertz CT molecular complexity index is 899. The number of hydrogen-bond donors (Lipinski definition) is 1. The first-order chi connectivity index (χ1) is 12.4. The number of hydrogen-bond acceptors (Lipinski definition) is 4. The van der Waals surface area contributed by atoms with Crippen molar-refractivity contribution in [3.8, 4) is 5.75 Å². The van der Waals surface area contributed by atoms with Crippen molar-refractivity contribution in [3.63, 3.8) is 0 Å². The largest absolute Gasteiger partial charge is 0.486 e. The van der Waals surface area contributed by atoms with E-state index in [4.69, 9.17) is 20.8 Å². The molecular weight excluding hydrogens is 354 g/mol. The predicted molar refractivity (Wildman–Crippen MR) is 98.3 cm³/mol. The molecule has 1 amide bonds. The van der Waals surface area contributed by atoms with E-state index < -0.39 is 0 Å².